The van der Waals surface area contributed by atoms with E-state index in [9.17, 15) is 0 Å². The third-order valence-electron chi connectivity index (χ3n) is 1.95. The SMILES string of the molecule is CC1(CCCC(N)=S)OCCO1. The summed E-state index contributed by atoms with van der Waals surface area (Å²) < 4.78 is 10.8. The minimum atomic E-state index is -0.384. The van der Waals surface area contributed by atoms with E-state index in [0.717, 1.165) is 19.3 Å². The highest BCUT2D eigenvalue weighted by Gasteiger charge is 2.29. The number of hydrogen-bond donors (Lipinski definition) is 1. The van der Waals surface area contributed by atoms with Crippen LogP contribution in [0.3, 0.4) is 0 Å². The normalized spacial score (nSPS) is 21.1. The maximum absolute atomic E-state index is 5.42. The zero-order valence-corrected chi connectivity index (χ0v) is 8.15. The van der Waals surface area contributed by atoms with E-state index in [1.54, 1.807) is 0 Å². The molecule has 0 unspecified atom stereocenters. The molecule has 12 heavy (non-hydrogen) atoms. The van der Waals surface area contributed by atoms with Gasteiger partial charge in [-0.1, -0.05) is 12.2 Å². The van der Waals surface area contributed by atoms with E-state index in [1.807, 2.05) is 6.92 Å². The lowest BCUT2D eigenvalue weighted by atomic mass is 10.1. The smallest absolute Gasteiger partial charge is 0.165 e. The van der Waals surface area contributed by atoms with Crippen molar-refractivity contribution in [2.24, 2.45) is 5.73 Å². The molecule has 0 aromatic rings. The van der Waals surface area contributed by atoms with Gasteiger partial charge in [0.25, 0.3) is 0 Å². The van der Waals surface area contributed by atoms with Gasteiger partial charge in [-0.25, -0.2) is 0 Å². The Bertz CT molecular complexity index is 166. The third kappa shape index (κ3) is 3.05. The van der Waals surface area contributed by atoms with Crippen LogP contribution in [-0.4, -0.2) is 24.0 Å². The Hall–Kier alpha value is -0.190. The van der Waals surface area contributed by atoms with E-state index in [4.69, 9.17) is 27.4 Å². The van der Waals surface area contributed by atoms with Gasteiger partial charge in [0.1, 0.15) is 0 Å². The zero-order valence-electron chi connectivity index (χ0n) is 7.34. The molecule has 1 rings (SSSR count). The first-order chi connectivity index (χ1) is 5.62. The van der Waals surface area contributed by atoms with Gasteiger partial charge in [-0.3, -0.25) is 0 Å². The fourth-order valence-electron chi connectivity index (χ4n) is 1.28. The van der Waals surface area contributed by atoms with E-state index in [1.165, 1.54) is 0 Å². The van der Waals surface area contributed by atoms with Gasteiger partial charge in [0.15, 0.2) is 5.79 Å². The Morgan fingerprint density at radius 1 is 1.50 bits per heavy atom. The van der Waals surface area contributed by atoms with Crippen molar-refractivity contribution in [2.45, 2.75) is 32.0 Å². The molecule has 4 heteroatoms. The van der Waals surface area contributed by atoms with Crippen molar-refractivity contribution in [1.82, 2.24) is 0 Å². The maximum atomic E-state index is 5.42. The molecule has 0 aliphatic carbocycles. The van der Waals surface area contributed by atoms with Crippen LogP contribution < -0.4 is 5.73 Å². The standard InChI is InChI=1S/C8H15NO2S/c1-8(10-5-6-11-8)4-2-3-7(9)12/h2-6H2,1H3,(H2,9,12). The van der Waals surface area contributed by atoms with Gasteiger partial charge in [-0.2, -0.15) is 0 Å². The van der Waals surface area contributed by atoms with Crippen LogP contribution in [0.5, 0.6) is 0 Å². The number of ether oxygens (including phenoxy) is 2. The van der Waals surface area contributed by atoms with Gasteiger partial charge in [0, 0.05) is 6.42 Å². The summed E-state index contributed by atoms with van der Waals surface area (Å²) in [5.74, 6) is -0.384. The molecule has 0 bridgehead atoms. The summed E-state index contributed by atoms with van der Waals surface area (Å²) in [4.78, 5) is 0.566. The van der Waals surface area contributed by atoms with Crippen LogP contribution in [0.25, 0.3) is 0 Å². The predicted octanol–water partition coefficient (Wildman–Crippen LogP) is 1.21. The topological polar surface area (TPSA) is 44.5 Å². The van der Waals surface area contributed by atoms with E-state index in [0.29, 0.717) is 18.2 Å². The molecule has 1 aliphatic rings. The number of hydrogen-bond acceptors (Lipinski definition) is 3. The molecular weight excluding hydrogens is 174 g/mol. The summed E-state index contributed by atoms with van der Waals surface area (Å²) in [5.41, 5.74) is 5.37. The molecular formula is C8H15NO2S. The average Bonchev–Trinajstić information content (AvgIpc) is 2.35. The van der Waals surface area contributed by atoms with Gasteiger partial charge in [-0.15, -0.1) is 0 Å². The molecule has 1 fully saturated rings. The zero-order chi connectivity index (χ0) is 9.03. The van der Waals surface area contributed by atoms with Gasteiger partial charge >= 0.3 is 0 Å². The molecule has 2 N–H and O–H groups in total. The van der Waals surface area contributed by atoms with Crippen LogP contribution in [-0.2, 0) is 9.47 Å². The molecule has 0 amide bonds. The van der Waals surface area contributed by atoms with Crippen molar-refractivity contribution < 1.29 is 9.47 Å². The second-order valence-electron chi connectivity index (χ2n) is 3.15. The fourth-order valence-corrected chi connectivity index (χ4v) is 1.43. The number of thiocarbonyl (C=S) groups is 1. The Morgan fingerprint density at radius 3 is 2.58 bits per heavy atom. The molecule has 3 nitrogen and oxygen atoms in total. The lowest BCUT2D eigenvalue weighted by Gasteiger charge is -2.21. The Kier molecular flexibility index (Phi) is 3.43. The van der Waals surface area contributed by atoms with E-state index >= 15 is 0 Å². The van der Waals surface area contributed by atoms with Gasteiger partial charge in [0.05, 0.1) is 18.2 Å². The highest BCUT2D eigenvalue weighted by molar-refractivity contribution is 7.80. The molecule has 1 heterocycles. The Morgan fingerprint density at radius 2 is 2.08 bits per heavy atom. The van der Waals surface area contributed by atoms with Crippen LogP contribution in [0.2, 0.25) is 0 Å². The quantitative estimate of drug-likeness (QED) is 0.675. The molecule has 0 atom stereocenters. The van der Waals surface area contributed by atoms with Crippen molar-refractivity contribution in [3.8, 4) is 0 Å². The summed E-state index contributed by atoms with van der Waals surface area (Å²) in [6, 6.07) is 0. The van der Waals surface area contributed by atoms with E-state index in [2.05, 4.69) is 0 Å². The lowest BCUT2D eigenvalue weighted by molar-refractivity contribution is -0.147. The third-order valence-corrected chi connectivity index (χ3v) is 2.16. The van der Waals surface area contributed by atoms with Crippen molar-refractivity contribution in [1.29, 1.82) is 0 Å². The second-order valence-corrected chi connectivity index (χ2v) is 3.67. The lowest BCUT2D eigenvalue weighted by Crippen LogP contribution is -2.25. The van der Waals surface area contributed by atoms with Crippen LogP contribution in [0.4, 0.5) is 0 Å². The fraction of sp³-hybridized carbons (Fsp3) is 0.875. The minimum Gasteiger partial charge on any atom is -0.393 e. The minimum absolute atomic E-state index is 0.384. The highest BCUT2D eigenvalue weighted by atomic mass is 32.1. The highest BCUT2D eigenvalue weighted by Crippen LogP contribution is 2.24. The van der Waals surface area contributed by atoms with Gasteiger partial charge in [0.2, 0.25) is 0 Å². The molecule has 70 valence electrons. The predicted molar refractivity (Wildman–Crippen MR) is 50.9 cm³/mol. The number of rotatable bonds is 4. The van der Waals surface area contributed by atoms with Crippen molar-refractivity contribution >= 4 is 17.2 Å². The summed E-state index contributed by atoms with van der Waals surface area (Å²) >= 11 is 4.77. The summed E-state index contributed by atoms with van der Waals surface area (Å²) in [7, 11) is 0. The largest absolute Gasteiger partial charge is 0.393 e. The molecule has 0 aromatic carbocycles. The summed E-state index contributed by atoms with van der Waals surface area (Å²) in [5, 5.41) is 0. The first kappa shape index (κ1) is 9.89. The van der Waals surface area contributed by atoms with Crippen LogP contribution in [0.1, 0.15) is 26.2 Å². The first-order valence-electron chi connectivity index (χ1n) is 4.19. The molecule has 0 spiro atoms. The Balaban J connectivity index is 2.17. The van der Waals surface area contributed by atoms with Crippen molar-refractivity contribution in [2.75, 3.05) is 13.2 Å². The molecule has 1 saturated heterocycles. The number of nitrogens with two attached hydrogens (primary N) is 1. The molecule has 0 saturated carbocycles. The monoisotopic (exact) mass is 189 g/mol. The van der Waals surface area contributed by atoms with E-state index < -0.39 is 0 Å². The van der Waals surface area contributed by atoms with Crippen molar-refractivity contribution in [3.63, 3.8) is 0 Å². The van der Waals surface area contributed by atoms with Gasteiger partial charge < -0.3 is 15.2 Å². The van der Waals surface area contributed by atoms with E-state index in [-0.39, 0.29) is 5.79 Å². The molecule has 0 aromatic heterocycles. The summed E-state index contributed by atoms with van der Waals surface area (Å²) in [6.45, 7) is 3.35. The van der Waals surface area contributed by atoms with Crippen molar-refractivity contribution in [3.05, 3.63) is 0 Å². The first-order valence-corrected chi connectivity index (χ1v) is 4.59. The summed E-state index contributed by atoms with van der Waals surface area (Å²) in [6.07, 6.45) is 2.58. The average molecular weight is 189 g/mol. The van der Waals surface area contributed by atoms with Crippen LogP contribution in [0, 0.1) is 0 Å². The Labute approximate surface area is 78.2 Å². The molecule has 1 aliphatic heterocycles. The van der Waals surface area contributed by atoms with Crippen LogP contribution >= 0.6 is 12.2 Å². The second kappa shape index (κ2) is 4.16. The van der Waals surface area contributed by atoms with Gasteiger partial charge in [-0.05, 0) is 19.8 Å². The van der Waals surface area contributed by atoms with Crippen LogP contribution in [0.15, 0.2) is 0 Å². The molecule has 0 radical (unpaired) electrons. The maximum Gasteiger partial charge on any atom is 0.165 e.